The monoisotopic (exact) mass is 352 g/mol. The second-order valence-corrected chi connectivity index (χ2v) is 5.16. The quantitative estimate of drug-likeness (QED) is 0.456. The van der Waals surface area contributed by atoms with E-state index in [1.165, 1.54) is 11.6 Å². The smallest absolute Gasteiger partial charge is 0.417 e. The van der Waals surface area contributed by atoms with Crippen molar-refractivity contribution in [2.24, 2.45) is 10.7 Å². The van der Waals surface area contributed by atoms with E-state index in [9.17, 15) is 13.2 Å². The number of aromatic nitrogens is 1. The zero-order chi connectivity index (χ0) is 18.1. The van der Waals surface area contributed by atoms with Gasteiger partial charge in [0.2, 0.25) is 5.88 Å². The predicted octanol–water partition coefficient (Wildman–Crippen LogP) is 2.63. The third kappa shape index (κ3) is 6.70. The molecule has 0 aliphatic carbocycles. The number of ether oxygens (including phenoxy) is 1. The number of hydrogen-bond acceptors (Lipinski definition) is 3. The number of alkyl halides is 3. The largest absolute Gasteiger partial charge is 0.476 e. The molecule has 0 saturated heterocycles. The lowest BCUT2D eigenvalue weighted by atomic mass is 10.2. The van der Waals surface area contributed by atoms with Gasteiger partial charge in [-0.15, -0.1) is 0 Å². The van der Waals surface area contributed by atoms with Crippen LogP contribution in [0.15, 0.2) is 53.7 Å². The van der Waals surface area contributed by atoms with Gasteiger partial charge in [-0.05, 0) is 18.1 Å². The van der Waals surface area contributed by atoms with E-state index in [1.54, 1.807) is 0 Å². The Labute approximate surface area is 143 Å². The molecular weight excluding hydrogens is 333 g/mol. The number of nitrogens with one attached hydrogen (secondary N) is 1. The summed E-state index contributed by atoms with van der Waals surface area (Å²) in [6, 6.07) is 12.0. The molecule has 0 unspecified atom stereocenters. The van der Waals surface area contributed by atoms with Crippen molar-refractivity contribution in [2.75, 3.05) is 19.7 Å². The molecule has 1 aromatic heterocycles. The van der Waals surface area contributed by atoms with Crippen LogP contribution in [0.3, 0.4) is 0 Å². The van der Waals surface area contributed by atoms with Gasteiger partial charge >= 0.3 is 6.18 Å². The number of nitrogens with zero attached hydrogens (tertiary/aromatic N) is 2. The summed E-state index contributed by atoms with van der Waals surface area (Å²) in [6.45, 7) is 1.13. The molecule has 8 heteroatoms. The van der Waals surface area contributed by atoms with E-state index in [0.717, 1.165) is 18.7 Å². The molecular formula is C17H19F3N4O. The van der Waals surface area contributed by atoms with Crippen LogP contribution in [0.1, 0.15) is 11.1 Å². The molecule has 0 radical (unpaired) electrons. The highest BCUT2D eigenvalue weighted by Gasteiger charge is 2.30. The summed E-state index contributed by atoms with van der Waals surface area (Å²) >= 11 is 0. The highest BCUT2D eigenvalue weighted by molar-refractivity contribution is 5.77. The van der Waals surface area contributed by atoms with Crippen molar-refractivity contribution >= 4 is 5.96 Å². The van der Waals surface area contributed by atoms with Crippen LogP contribution in [0.2, 0.25) is 0 Å². The Morgan fingerprint density at radius 2 is 1.92 bits per heavy atom. The Bertz CT molecular complexity index is 673. The molecule has 0 amide bonds. The highest BCUT2D eigenvalue weighted by Crippen LogP contribution is 2.29. The van der Waals surface area contributed by atoms with Crippen molar-refractivity contribution in [3.8, 4) is 5.88 Å². The fourth-order valence-corrected chi connectivity index (χ4v) is 1.97. The predicted molar refractivity (Wildman–Crippen MR) is 89.4 cm³/mol. The number of hydrogen-bond donors (Lipinski definition) is 2. The Morgan fingerprint density at radius 3 is 2.56 bits per heavy atom. The van der Waals surface area contributed by atoms with Crippen LogP contribution >= 0.6 is 0 Å². The van der Waals surface area contributed by atoms with Gasteiger partial charge in [0.1, 0.15) is 6.61 Å². The average molecular weight is 352 g/mol. The maximum absolute atomic E-state index is 12.4. The van der Waals surface area contributed by atoms with Gasteiger partial charge in [0.05, 0.1) is 12.1 Å². The Balaban J connectivity index is 1.65. The van der Waals surface area contributed by atoms with Crippen LogP contribution < -0.4 is 15.8 Å². The third-order valence-corrected chi connectivity index (χ3v) is 3.25. The van der Waals surface area contributed by atoms with Gasteiger partial charge < -0.3 is 15.8 Å². The minimum atomic E-state index is -4.41. The molecule has 2 aromatic rings. The molecule has 0 atom stereocenters. The van der Waals surface area contributed by atoms with Gasteiger partial charge in [0.25, 0.3) is 0 Å². The molecule has 0 aliphatic heterocycles. The third-order valence-electron chi connectivity index (χ3n) is 3.25. The molecule has 25 heavy (non-hydrogen) atoms. The summed E-state index contributed by atoms with van der Waals surface area (Å²) in [4.78, 5) is 7.80. The van der Waals surface area contributed by atoms with Crippen molar-refractivity contribution in [3.05, 3.63) is 59.8 Å². The van der Waals surface area contributed by atoms with E-state index >= 15 is 0 Å². The molecule has 2 rings (SSSR count). The summed E-state index contributed by atoms with van der Waals surface area (Å²) in [5.74, 6) is 0.411. The number of rotatable bonds is 7. The van der Waals surface area contributed by atoms with E-state index < -0.39 is 11.7 Å². The molecule has 134 valence electrons. The number of halogens is 3. The summed E-state index contributed by atoms with van der Waals surface area (Å²) in [6.07, 6.45) is -2.88. The second-order valence-electron chi connectivity index (χ2n) is 5.16. The topological polar surface area (TPSA) is 72.5 Å². The number of nitrogens with two attached hydrogens (primary N) is 1. The van der Waals surface area contributed by atoms with E-state index in [2.05, 4.69) is 15.3 Å². The minimum Gasteiger partial charge on any atom is -0.476 e. The van der Waals surface area contributed by atoms with Gasteiger partial charge in [-0.3, -0.25) is 4.99 Å². The van der Waals surface area contributed by atoms with Crippen molar-refractivity contribution in [3.63, 3.8) is 0 Å². The Hall–Kier alpha value is -2.77. The fourth-order valence-electron chi connectivity index (χ4n) is 1.97. The Kier molecular flexibility index (Phi) is 6.62. The first-order chi connectivity index (χ1) is 11.9. The summed E-state index contributed by atoms with van der Waals surface area (Å²) in [7, 11) is 0. The molecule has 3 N–H and O–H groups in total. The number of aliphatic imine (C=N–C) groups is 1. The molecule has 0 aliphatic rings. The normalized spacial score (nSPS) is 12.0. The fraction of sp³-hybridized carbons (Fsp3) is 0.294. The summed E-state index contributed by atoms with van der Waals surface area (Å²) in [5.41, 5.74) is 6.09. The zero-order valence-corrected chi connectivity index (χ0v) is 13.5. The molecule has 0 saturated carbocycles. The molecule has 5 nitrogen and oxygen atoms in total. The highest BCUT2D eigenvalue weighted by atomic mass is 19.4. The first kappa shape index (κ1) is 18.6. The number of benzene rings is 1. The van der Waals surface area contributed by atoms with Crippen LogP contribution in [-0.2, 0) is 12.6 Å². The molecule has 0 bridgehead atoms. The van der Waals surface area contributed by atoms with Crippen LogP contribution in [0.25, 0.3) is 0 Å². The van der Waals surface area contributed by atoms with E-state index in [4.69, 9.17) is 10.5 Å². The van der Waals surface area contributed by atoms with Gasteiger partial charge in [-0.1, -0.05) is 30.3 Å². The van der Waals surface area contributed by atoms with Crippen LogP contribution in [0.5, 0.6) is 5.88 Å². The lowest BCUT2D eigenvalue weighted by Crippen LogP contribution is -2.35. The molecule has 0 spiro atoms. The van der Waals surface area contributed by atoms with E-state index in [-0.39, 0.29) is 12.5 Å². The lowest BCUT2D eigenvalue weighted by Gasteiger charge is -2.09. The maximum atomic E-state index is 12.4. The molecule has 1 heterocycles. The van der Waals surface area contributed by atoms with Crippen molar-refractivity contribution < 1.29 is 17.9 Å². The molecule has 0 fully saturated rings. The van der Waals surface area contributed by atoms with Crippen LogP contribution in [0, 0.1) is 0 Å². The van der Waals surface area contributed by atoms with Crippen molar-refractivity contribution in [1.29, 1.82) is 0 Å². The van der Waals surface area contributed by atoms with Gasteiger partial charge in [-0.25, -0.2) is 4.98 Å². The number of guanidine groups is 1. The van der Waals surface area contributed by atoms with Crippen LogP contribution in [-0.4, -0.2) is 30.6 Å². The standard InChI is InChI=1S/C17H19F3N4O/c18-17(19,20)14-6-7-15(24-12-14)25-11-10-23-16(21)22-9-8-13-4-2-1-3-5-13/h1-7,12H,8-11H2,(H3,21,22,23). The second kappa shape index (κ2) is 8.91. The summed E-state index contributed by atoms with van der Waals surface area (Å²) in [5, 5.41) is 2.87. The van der Waals surface area contributed by atoms with Crippen molar-refractivity contribution in [2.45, 2.75) is 12.6 Å². The van der Waals surface area contributed by atoms with Gasteiger partial charge in [0, 0.05) is 18.8 Å². The first-order valence-electron chi connectivity index (χ1n) is 7.69. The van der Waals surface area contributed by atoms with E-state index in [1.807, 2.05) is 30.3 Å². The first-order valence-corrected chi connectivity index (χ1v) is 7.69. The summed E-state index contributed by atoms with van der Waals surface area (Å²) < 4.78 is 42.5. The van der Waals surface area contributed by atoms with Crippen molar-refractivity contribution in [1.82, 2.24) is 10.3 Å². The average Bonchev–Trinajstić information content (AvgIpc) is 2.59. The maximum Gasteiger partial charge on any atom is 0.417 e. The van der Waals surface area contributed by atoms with Gasteiger partial charge in [0.15, 0.2) is 5.96 Å². The number of pyridine rings is 1. The minimum absolute atomic E-state index is 0.120. The molecule has 1 aromatic carbocycles. The van der Waals surface area contributed by atoms with Gasteiger partial charge in [-0.2, -0.15) is 13.2 Å². The van der Waals surface area contributed by atoms with Crippen LogP contribution in [0.4, 0.5) is 13.2 Å². The Morgan fingerprint density at radius 1 is 1.16 bits per heavy atom. The lowest BCUT2D eigenvalue weighted by molar-refractivity contribution is -0.137. The SMILES string of the molecule is NC(=NCCc1ccccc1)NCCOc1ccc(C(F)(F)F)cn1. The van der Waals surface area contributed by atoms with E-state index in [0.29, 0.717) is 19.0 Å². The zero-order valence-electron chi connectivity index (χ0n) is 13.5.